The second-order valence-corrected chi connectivity index (χ2v) is 6.06. The molecule has 2 aromatic rings. The van der Waals surface area contributed by atoms with Crippen molar-refractivity contribution in [2.45, 2.75) is 6.54 Å². The fourth-order valence-corrected chi connectivity index (χ4v) is 2.63. The number of esters is 1. The Bertz CT molecular complexity index is 910. The molecule has 8 heteroatoms. The van der Waals surface area contributed by atoms with Crippen molar-refractivity contribution in [3.8, 4) is 17.2 Å². The van der Waals surface area contributed by atoms with Crippen molar-refractivity contribution in [1.82, 2.24) is 5.32 Å². The van der Waals surface area contributed by atoms with E-state index in [1.807, 2.05) is 0 Å². The van der Waals surface area contributed by atoms with Crippen LogP contribution in [0.4, 0.5) is 4.39 Å². The Kier molecular flexibility index (Phi) is 6.67. The Morgan fingerprint density at radius 1 is 1.21 bits per heavy atom. The van der Waals surface area contributed by atoms with Gasteiger partial charge in [0, 0.05) is 18.2 Å². The first-order valence-corrected chi connectivity index (χ1v) is 8.89. The van der Waals surface area contributed by atoms with E-state index in [4.69, 9.17) is 18.9 Å². The second-order valence-electron chi connectivity index (χ2n) is 6.06. The predicted octanol–water partition coefficient (Wildman–Crippen LogP) is 2.48. The predicted molar refractivity (Wildman–Crippen MR) is 102 cm³/mol. The molecule has 0 radical (unpaired) electrons. The van der Waals surface area contributed by atoms with Crippen LogP contribution >= 0.6 is 0 Å². The van der Waals surface area contributed by atoms with Crippen molar-refractivity contribution in [3.63, 3.8) is 0 Å². The first-order chi connectivity index (χ1) is 14.1. The minimum absolute atomic E-state index is 0.00981. The SMILES string of the molecule is COc1cc(/C=C/C(=O)OCC(=O)NCc2ccccc2F)cc2c1OCCO2. The number of carbonyl (C=O) groups excluding carboxylic acids is 2. The normalized spacial score (nSPS) is 12.5. The molecule has 0 spiro atoms. The molecule has 0 bridgehead atoms. The highest BCUT2D eigenvalue weighted by atomic mass is 19.1. The Morgan fingerprint density at radius 2 is 2.00 bits per heavy atom. The number of ether oxygens (including phenoxy) is 4. The fourth-order valence-electron chi connectivity index (χ4n) is 2.63. The lowest BCUT2D eigenvalue weighted by atomic mass is 10.1. The van der Waals surface area contributed by atoms with Crippen LogP contribution < -0.4 is 19.5 Å². The van der Waals surface area contributed by atoms with Crippen molar-refractivity contribution in [1.29, 1.82) is 0 Å². The van der Waals surface area contributed by atoms with Crippen LogP contribution in [0.5, 0.6) is 17.2 Å². The highest BCUT2D eigenvalue weighted by Crippen LogP contribution is 2.40. The minimum atomic E-state index is -0.695. The summed E-state index contributed by atoms with van der Waals surface area (Å²) < 4.78 is 34.7. The average molecular weight is 401 g/mol. The Labute approximate surface area is 167 Å². The number of benzene rings is 2. The lowest BCUT2D eigenvalue weighted by molar-refractivity contribution is -0.143. The highest BCUT2D eigenvalue weighted by molar-refractivity contribution is 5.89. The molecule has 0 aromatic heterocycles. The first kappa shape index (κ1) is 20.2. The van der Waals surface area contributed by atoms with Gasteiger partial charge in [0.15, 0.2) is 18.1 Å². The molecule has 152 valence electrons. The average Bonchev–Trinajstić information content (AvgIpc) is 2.75. The van der Waals surface area contributed by atoms with E-state index in [0.29, 0.717) is 41.6 Å². The van der Waals surface area contributed by atoms with Crippen molar-refractivity contribution < 1.29 is 32.9 Å². The van der Waals surface area contributed by atoms with Gasteiger partial charge < -0.3 is 24.3 Å². The van der Waals surface area contributed by atoms with Gasteiger partial charge in [-0.2, -0.15) is 0 Å². The van der Waals surface area contributed by atoms with Crippen LogP contribution in [0, 0.1) is 5.82 Å². The maximum atomic E-state index is 13.5. The lowest BCUT2D eigenvalue weighted by Gasteiger charge is -2.20. The summed E-state index contributed by atoms with van der Waals surface area (Å²) in [6.45, 7) is 0.398. The van der Waals surface area contributed by atoms with Crippen LogP contribution in [-0.2, 0) is 20.9 Å². The monoisotopic (exact) mass is 401 g/mol. The smallest absolute Gasteiger partial charge is 0.331 e. The zero-order valence-electron chi connectivity index (χ0n) is 15.8. The molecule has 2 aromatic carbocycles. The molecule has 1 aliphatic heterocycles. The molecule has 1 heterocycles. The standard InChI is InChI=1S/C21H20FNO6/c1-26-17-10-14(11-18-21(17)28-9-8-27-18)6-7-20(25)29-13-19(24)23-12-15-4-2-3-5-16(15)22/h2-7,10-11H,8-9,12-13H2,1H3,(H,23,24)/b7-6+. The van der Waals surface area contributed by atoms with E-state index in [0.717, 1.165) is 0 Å². The largest absolute Gasteiger partial charge is 0.493 e. The number of methoxy groups -OCH3 is 1. The summed E-state index contributed by atoms with van der Waals surface area (Å²) in [5, 5.41) is 2.49. The van der Waals surface area contributed by atoms with E-state index in [1.54, 1.807) is 30.3 Å². The lowest BCUT2D eigenvalue weighted by Crippen LogP contribution is -2.28. The van der Waals surface area contributed by atoms with Crippen molar-refractivity contribution in [3.05, 3.63) is 59.4 Å². The van der Waals surface area contributed by atoms with E-state index in [2.05, 4.69) is 5.32 Å². The van der Waals surface area contributed by atoms with Crippen LogP contribution in [0.1, 0.15) is 11.1 Å². The molecular formula is C21H20FNO6. The third kappa shape index (κ3) is 5.47. The number of nitrogens with one attached hydrogen (secondary N) is 1. The van der Waals surface area contributed by atoms with E-state index < -0.39 is 24.3 Å². The van der Waals surface area contributed by atoms with Crippen LogP contribution in [0.15, 0.2) is 42.5 Å². The quantitative estimate of drug-likeness (QED) is 0.567. The molecule has 3 rings (SSSR count). The van der Waals surface area contributed by atoms with Gasteiger partial charge in [-0.25, -0.2) is 9.18 Å². The fraction of sp³-hybridized carbons (Fsp3) is 0.238. The van der Waals surface area contributed by atoms with Gasteiger partial charge in [-0.3, -0.25) is 4.79 Å². The minimum Gasteiger partial charge on any atom is -0.493 e. The van der Waals surface area contributed by atoms with Gasteiger partial charge in [0.2, 0.25) is 5.75 Å². The summed E-state index contributed by atoms with van der Waals surface area (Å²) in [6.07, 6.45) is 2.70. The van der Waals surface area contributed by atoms with Gasteiger partial charge in [-0.05, 0) is 29.8 Å². The van der Waals surface area contributed by atoms with Gasteiger partial charge in [0.1, 0.15) is 19.0 Å². The molecule has 1 amide bonds. The molecule has 29 heavy (non-hydrogen) atoms. The van der Waals surface area contributed by atoms with Gasteiger partial charge in [0.05, 0.1) is 7.11 Å². The molecular weight excluding hydrogens is 381 g/mol. The maximum absolute atomic E-state index is 13.5. The molecule has 0 aliphatic carbocycles. The molecule has 0 saturated heterocycles. The number of rotatable bonds is 7. The Morgan fingerprint density at radius 3 is 2.79 bits per heavy atom. The summed E-state index contributed by atoms with van der Waals surface area (Å²) >= 11 is 0. The van der Waals surface area contributed by atoms with Gasteiger partial charge >= 0.3 is 5.97 Å². The van der Waals surface area contributed by atoms with E-state index >= 15 is 0 Å². The summed E-state index contributed by atoms with van der Waals surface area (Å²) in [5.41, 5.74) is 0.992. The molecule has 7 nitrogen and oxygen atoms in total. The summed E-state index contributed by atoms with van der Waals surface area (Å²) in [6, 6.07) is 9.50. The van der Waals surface area contributed by atoms with Gasteiger partial charge in [-0.1, -0.05) is 18.2 Å². The van der Waals surface area contributed by atoms with Gasteiger partial charge in [0.25, 0.3) is 5.91 Å². The third-order valence-corrected chi connectivity index (χ3v) is 4.04. The summed E-state index contributed by atoms with van der Waals surface area (Å²) in [7, 11) is 1.51. The zero-order valence-corrected chi connectivity index (χ0v) is 15.8. The summed E-state index contributed by atoms with van der Waals surface area (Å²) in [4.78, 5) is 23.6. The molecule has 1 N–H and O–H groups in total. The van der Waals surface area contributed by atoms with E-state index in [1.165, 1.54) is 25.3 Å². The van der Waals surface area contributed by atoms with Crippen LogP contribution in [0.3, 0.4) is 0 Å². The first-order valence-electron chi connectivity index (χ1n) is 8.89. The number of hydrogen-bond acceptors (Lipinski definition) is 6. The van der Waals surface area contributed by atoms with Gasteiger partial charge in [-0.15, -0.1) is 0 Å². The molecule has 0 fully saturated rings. The zero-order chi connectivity index (χ0) is 20.6. The van der Waals surface area contributed by atoms with Crippen molar-refractivity contribution in [2.75, 3.05) is 26.9 Å². The second kappa shape index (κ2) is 9.59. The number of carbonyl (C=O) groups is 2. The van der Waals surface area contributed by atoms with E-state index in [-0.39, 0.29) is 6.54 Å². The van der Waals surface area contributed by atoms with Crippen molar-refractivity contribution in [2.24, 2.45) is 0 Å². The molecule has 0 atom stereocenters. The van der Waals surface area contributed by atoms with Crippen molar-refractivity contribution >= 4 is 18.0 Å². The highest BCUT2D eigenvalue weighted by Gasteiger charge is 2.18. The number of fused-ring (bicyclic) bond motifs is 1. The summed E-state index contributed by atoms with van der Waals surface area (Å²) in [5.74, 6) is -0.109. The molecule has 1 aliphatic rings. The van der Waals surface area contributed by atoms with E-state index in [9.17, 15) is 14.0 Å². The van der Waals surface area contributed by atoms with Crippen LogP contribution in [-0.4, -0.2) is 38.8 Å². The number of amides is 1. The van der Waals surface area contributed by atoms with Crippen LogP contribution in [0.25, 0.3) is 6.08 Å². The number of halogens is 1. The maximum Gasteiger partial charge on any atom is 0.331 e. The Hall–Kier alpha value is -3.55. The molecule has 0 unspecified atom stereocenters. The Balaban J connectivity index is 1.51. The third-order valence-electron chi connectivity index (χ3n) is 4.04. The molecule has 0 saturated carbocycles. The van der Waals surface area contributed by atoms with Crippen LogP contribution in [0.2, 0.25) is 0 Å². The topological polar surface area (TPSA) is 83.1 Å². The number of hydrogen-bond donors (Lipinski definition) is 1.